The molecule has 0 radical (unpaired) electrons. The van der Waals surface area contributed by atoms with E-state index in [0.29, 0.717) is 18.0 Å². The molecule has 4 aromatic carbocycles. The van der Waals surface area contributed by atoms with Gasteiger partial charge in [-0.05, 0) is 53.4 Å². The molecule has 29 nitrogen and oxygen atoms in total. The number of benzene rings is 4. The summed E-state index contributed by atoms with van der Waals surface area (Å²) in [5, 5.41) is 15.0. The van der Waals surface area contributed by atoms with E-state index in [1.807, 2.05) is 46.9 Å². The minimum absolute atomic E-state index is 0.0221. The number of carbonyl (C=O) groups excluding carboxylic acids is 3. The van der Waals surface area contributed by atoms with Gasteiger partial charge in [0.15, 0.2) is 22.3 Å². The zero-order valence-corrected chi connectivity index (χ0v) is 59.2. The van der Waals surface area contributed by atoms with Crippen LogP contribution in [-0.2, 0) is 60.5 Å². The number of aliphatic carboxylic acids is 1. The Morgan fingerprint density at radius 3 is 1.19 bits per heavy atom. The third-order valence-corrected chi connectivity index (χ3v) is 16.7. The Bertz CT molecular complexity index is 4020. The van der Waals surface area contributed by atoms with E-state index >= 15 is 0 Å². The second-order valence-corrected chi connectivity index (χ2v) is 23.4. The maximum absolute atomic E-state index is 12.5. The second-order valence-electron chi connectivity index (χ2n) is 23.1. The fourth-order valence-corrected chi connectivity index (χ4v) is 11.2. The Hall–Kier alpha value is -8.92. The van der Waals surface area contributed by atoms with Gasteiger partial charge in [-0.2, -0.15) is 0 Å². The number of nitrogens with zero attached hydrogens (tertiary/aromatic N) is 15. The van der Waals surface area contributed by atoms with Crippen LogP contribution in [0.4, 0.5) is 22.7 Å². The van der Waals surface area contributed by atoms with Gasteiger partial charge >= 0.3 is 17.3 Å². The van der Waals surface area contributed by atoms with E-state index in [-0.39, 0.29) is 53.1 Å². The average molecular weight is 1490 g/mol. The number of primary amides is 2. The van der Waals surface area contributed by atoms with Crippen LogP contribution in [-0.4, -0.2) is 229 Å². The molecule has 0 spiro atoms. The number of aryl methyl sites for hydroxylation is 2. The van der Waals surface area contributed by atoms with Crippen molar-refractivity contribution >= 4 is 103 Å². The van der Waals surface area contributed by atoms with Crippen LogP contribution in [0.2, 0.25) is 0 Å². The topological polar surface area (TPSA) is 337 Å². The van der Waals surface area contributed by atoms with Crippen molar-refractivity contribution < 1.29 is 25.7 Å². The van der Waals surface area contributed by atoms with Crippen molar-refractivity contribution in [3.05, 3.63) is 176 Å². The molecule has 0 saturated carbocycles. The van der Waals surface area contributed by atoms with Crippen LogP contribution in [0, 0.1) is 0 Å². The lowest BCUT2D eigenvalue weighted by molar-refractivity contribution is -0.137. The summed E-state index contributed by atoms with van der Waals surface area (Å²) < 4.78 is 13.3. The van der Waals surface area contributed by atoms with Crippen LogP contribution < -0.4 is 69.9 Å². The number of imidazole rings is 2. The number of piperazine rings is 4. The first-order valence-electron chi connectivity index (χ1n) is 32.9. The lowest BCUT2D eigenvalue weighted by atomic mass is 10.2. The van der Waals surface area contributed by atoms with Crippen molar-refractivity contribution in [3.8, 4) is 0 Å². The molecular formula is C67H94ClIN20O9. The molecule has 4 aliphatic heterocycles. The first-order valence-corrected chi connectivity index (χ1v) is 34.2. The summed E-state index contributed by atoms with van der Waals surface area (Å²) in [5.74, 6) is -2.09. The van der Waals surface area contributed by atoms with E-state index in [2.05, 4.69) is 158 Å². The molecular weight excluding hydrogens is 1390 g/mol. The molecule has 0 unspecified atom stereocenters. The molecule has 0 bridgehead atoms. The number of amides is 3. The van der Waals surface area contributed by atoms with Crippen LogP contribution in [0.15, 0.2) is 153 Å². The summed E-state index contributed by atoms with van der Waals surface area (Å²) in [4.78, 5) is 116. The lowest BCUT2D eigenvalue weighted by Crippen LogP contribution is -2.48. The maximum Gasteiger partial charge on any atom is 0.332 e. The summed E-state index contributed by atoms with van der Waals surface area (Å²) in [7, 11) is 5.78. The summed E-state index contributed by atoms with van der Waals surface area (Å²) >= 11 is 6.82. The van der Waals surface area contributed by atoms with Crippen molar-refractivity contribution in [2.75, 3.05) is 168 Å². The average Bonchev–Trinajstić information content (AvgIpc) is 1.66. The zero-order chi connectivity index (χ0) is 71.8. The number of carboxylic acids is 1. The number of carbonyl (C=O) groups is 4. The van der Waals surface area contributed by atoms with Crippen LogP contribution in [0.1, 0.15) is 1.37 Å². The van der Waals surface area contributed by atoms with Gasteiger partial charge in [0.1, 0.15) is 19.0 Å². The number of nitrogens with one attached hydrogen (secondary N) is 2. The molecule has 8 heterocycles. The summed E-state index contributed by atoms with van der Waals surface area (Å²) in [6, 6.07) is 41.9. The quantitative estimate of drug-likeness (QED) is 0.0576. The normalized spacial score (nSPS) is 14.9. The Morgan fingerprint density at radius 2 is 0.857 bits per heavy atom. The fourth-order valence-electron chi connectivity index (χ4n) is 11.2. The van der Waals surface area contributed by atoms with Gasteiger partial charge in [0.25, 0.3) is 11.1 Å². The monoisotopic (exact) mass is 1490 g/mol. The van der Waals surface area contributed by atoms with Gasteiger partial charge in [-0.1, -0.05) is 95.4 Å². The van der Waals surface area contributed by atoms with Gasteiger partial charge < -0.3 is 61.7 Å². The molecule has 98 heavy (non-hydrogen) atoms. The Kier molecular flexibility index (Phi) is 31.8. The Morgan fingerprint density at radius 1 is 0.520 bits per heavy atom. The van der Waals surface area contributed by atoms with Crippen molar-refractivity contribution in [3.63, 3.8) is 0 Å². The van der Waals surface area contributed by atoms with E-state index in [0.717, 1.165) is 133 Å². The summed E-state index contributed by atoms with van der Waals surface area (Å²) in [6.07, 6.45) is 2.66. The van der Waals surface area contributed by atoms with Crippen LogP contribution in [0.5, 0.6) is 0 Å². The maximum atomic E-state index is 12.5. The van der Waals surface area contributed by atoms with E-state index in [1.165, 1.54) is 74.8 Å². The number of aromatic nitrogens is 8. The number of alkyl halides is 2. The molecule has 9 N–H and O–H groups in total. The highest BCUT2D eigenvalue weighted by molar-refractivity contribution is 14.1. The van der Waals surface area contributed by atoms with Crippen molar-refractivity contribution in [2.24, 2.45) is 45.4 Å². The molecule has 31 heteroatoms. The minimum atomic E-state index is -1.08. The van der Waals surface area contributed by atoms with Crippen molar-refractivity contribution in [2.45, 2.75) is 13.1 Å². The number of nitrogens with two attached hydrogens (primary N) is 3. The molecule has 0 aliphatic carbocycles. The molecule has 3 amide bonds. The lowest BCUT2D eigenvalue weighted by Gasteiger charge is -2.36. The van der Waals surface area contributed by atoms with Crippen LogP contribution in [0.3, 0.4) is 0 Å². The molecule has 4 aliphatic rings. The first kappa shape index (κ1) is 76.4. The second kappa shape index (κ2) is 40.7. The zero-order valence-electron chi connectivity index (χ0n) is 57.3. The predicted octanol–water partition coefficient (Wildman–Crippen LogP) is 0.809. The van der Waals surface area contributed by atoms with Gasteiger partial charge in [0.05, 0.1) is 19.2 Å². The number of carboxylic acid groups (broad SMARTS) is 1. The van der Waals surface area contributed by atoms with Gasteiger partial charge in [-0.25, -0.2) is 19.6 Å². The van der Waals surface area contributed by atoms with Crippen molar-refractivity contribution in [1.82, 2.24) is 62.7 Å². The van der Waals surface area contributed by atoms with Gasteiger partial charge in [-0.15, -0.1) is 11.6 Å². The number of hydrogen-bond donors (Lipinski definition) is 6. The number of halogens is 2. The van der Waals surface area contributed by atoms with E-state index in [1.54, 1.807) is 7.05 Å². The van der Waals surface area contributed by atoms with Crippen molar-refractivity contribution in [1.29, 1.82) is 0 Å². The van der Waals surface area contributed by atoms with Crippen LogP contribution in [0.25, 0.3) is 22.3 Å². The Labute approximate surface area is 590 Å². The number of hydrogen-bond acceptors (Lipinski definition) is 19. The van der Waals surface area contributed by atoms with E-state index in [4.69, 9.17) is 29.5 Å². The smallest absolute Gasteiger partial charge is 0.332 e. The van der Waals surface area contributed by atoms with Crippen LogP contribution >= 0.6 is 34.2 Å². The molecule has 12 rings (SSSR count). The first-order chi connectivity index (χ1) is 47.7. The largest absolute Gasteiger partial charge is 0.480 e. The van der Waals surface area contributed by atoms with E-state index < -0.39 is 34.4 Å². The summed E-state index contributed by atoms with van der Waals surface area (Å²) in [5.41, 5.74) is 19.3. The highest BCUT2D eigenvalue weighted by atomic mass is 127. The number of anilines is 4. The molecule has 0 atom stereocenters. The molecule has 4 aromatic heterocycles. The number of rotatable bonds is 16. The number of para-hydroxylation sites is 4. The highest BCUT2D eigenvalue weighted by Crippen LogP contribution is 2.19. The fraction of sp³-hybridized carbons (Fsp3) is 0.433. The highest BCUT2D eigenvalue weighted by Gasteiger charge is 2.22. The summed E-state index contributed by atoms with van der Waals surface area (Å²) in [6.45, 7) is 19.6. The third kappa shape index (κ3) is 23.4. The van der Waals surface area contributed by atoms with Gasteiger partial charge in [-0.3, -0.25) is 61.7 Å². The standard InChI is InChI=1S/C21H27N7O3.C12H17N3O.C12H19N3.C10H14N2.C9H10N4O4.C2H4ClNO.CH3I/c1-24-19-18(20(30)25(2)21(24)31)28(15-23-19)14-17(29)22-8-9-26-10-12-27(13-11-26)16-6-4-3-5-7-16;13-12(16)10-14-6-8-15(9-7-14)11-4-2-1-3-5-11;13-6-7-14-8-10-15(11-9-14)12-4-2-1-3-5-12;1-2-4-10(5-3-1)12-8-6-11-7-9-12;1-11-7-6(8(16)12(2)9(11)17)13(4-10-7)3-5(14)15;3-1-2(4)5;1-2/h3-7,15H,8-14H2,1-2H3,(H,22,29);1-5H,6-10H2,(H2,13,16);1-5H,6-11,13H2;1-5,11H,6-9H2;4H,3H2,1-2H3,(H,14,15);1H2,(H2,4,5);1H3/i;;;;;;1D. The van der Waals surface area contributed by atoms with E-state index in [9.17, 15) is 38.4 Å². The molecule has 4 fully saturated rings. The van der Waals surface area contributed by atoms with Gasteiger partial charge in [0.2, 0.25) is 17.7 Å². The Balaban J connectivity index is 0.000000197. The minimum Gasteiger partial charge on any atom is -0.480 e. The number of fused-ring (bicyclic) bond motifs is 2. The SMILES string of the molecule is Cn1c(=O)c2c(ncn2CC(=O)NCCN2CCN(c3ccccc3)CC2)n(C)c1=O.Cn1c(=O)c2c(ncn2CC(=O)O)n(C)c1=O.NC(=O)CCl.NC(=O)CN1CCN(c2ccccc2)CC1.NCCN1CCN(c2ccccc2)CC1.[2H]CI.c1ccc(N2CCNCC2)cc1. The predicted molar refractivity (Wildman–Crippen MR) is 396 cm³/mol. The van der Waals surface area contributed by atoms with Gasteiger partial charge in [0, 0.05) is 183 Å². The molecule has 8 aromatic rings. The molecule has 530 valence electrons. The molecule has 4 saturated heterocycles. The third-order valence-electron chi connectivity index (χ3n) is 16.5.